The minimum Gasteiger partial charge on any atom is -0.444 e. The van der Waals surface area contributed by atoms with Crippen molar-refractivity contribution in [2.45, 2.75) is 49.5 Å². The number of hydrogen-bond donors (Lipinski definition) is 0. The van der Waals surface area contributed by atoms with E-state index in [1.807, 2.05) is 39.2 Å². The molecule has 1 saturated heterocycles. The van der Waals surface area contributed by atoms with Crippen molar-refractivity contribution in [2.75, 3.05) is 12.8 Å². The van der Waals surface area contributed by atoms with E-state index in [4.69, 9.17) is 4.74 Å². The molecular formula is C18H22N2O3S2. The lowest BCUT2D eigenvalue weighted by atomic mass is 10.0. The minimum atomic E-state index is -0.573. The predicted molar refractivity (Wildman–Crippen MR) is 102 cm³/mol. The van der Waals surface area contributed by atoms with Crippen LogP contribution >= 0.6 is 23.1 Å². The quantitative estimate of drug-likeness (QED) is 0.577. The molecule has 1 atom stereocenters. The van der Waals surface area contributed by atoms with E-state index in [1.54, 1.807) is 22.9 Å². The Morgan fingerprint density at radius 2 is 2.16 bits per heavy atom. The number of amides is 1. The molecule has 1 aliphatic heterocycles. The van der Waals surface area contributed by atoms with Gasteiger partial charge in [0.15, 0.2) is 5.78 Å². The Bertz CT molecular complexity index is 810. The smallest absolute Gasteiger partial charge is 0.410 e. The van der Waals surface area contributed by atoms with Crippen LogP contribution in [-0.4, -0.2) is 46.2 Å². The number of thiophene rings is 1. The number of carbonyl (C=O) groups is 2. The first kappa shape index (κ1) is 18.2. The molecule has 3 rings (SSSR count). The summed E-state index contributed by atoms with van der Waals surface area (Å²) in [6.07, 6.45) is 4.77. The van der Waals surface area contributed by atoms with Crippen molar-refractivity contribution in [2.24, 2.45) is 0 Å². The number of carbonyl (C=O) groups excluding carboxylic acids is 2. The number of rotatable bonds is 3. The van der Waals surface area contributed by atoms with Gasteiger partial charge in [0.2, 0.25) is 0 Å². The number of aromatic nitrogens is 1. The van der Waals surface area contributed by atoms with Crippen LogP contribution < -0.4 is 0 Å². The molecule has 1 fully saturated rings. The van der Waals surface area contributed by atoms with Gasteiger partial charge < -0.3 is 4.74 Å². The summed E-state index contributed by atoms with van der Waals surface area (Å²) >= 11 is 3.08. The molecule has 0 aromatic carbocycles. The van der Waals surface area contributed by atoms with Gasteiger partial charge in [-0.3, -0.25) is 9.69 Å². The number of nitrogens with zero attached hydrogens (tertiary/aromatic N) is 2. The van der Waals surface area contributed by atoms with Gasteiger partial charge in [-0.15, -0.1) is 23.1 Å². The van der Waals surface area contributed by atoms with Crippen molar-refractivity contribution < 1.29 is 14.3 Å². The Labute approximate surface area is 155 Å². The van der Waals surface area contributed by atoms with Gasteiger partial charge in [-0.05, 0) is 52.0 Å². The van der Waals surface area contributed by atoms with Gasteiger partial charge in [0.1, 0.15) is 10.4 Å². The Morgan fingerprint density at radius 1 is 1.40 bits per heavy atom. The largest absolute Gasteiger partial charge is 0.444 e. The topological polar surface area (TPSA) is 59.5 Å². The molecule has 25 heavy (non-hydrogen) atoms. The summed E-state index contributed by atoms with van der Waals surface area (Å²) in [6.45, 7) is 6.06. The van der Waals surface area contributed by atoms with Crippen LogP contribution in [0.25, 0.3) is 10.2 Å². The molecule has 0 aliphatic carbocycles. The van der Waals surface area contributed by atoms with Gasteiger partial charge in [-0.2, -0.15) is 0 Å². The third kappa shape index (κ3) is 3.67. The van der Waals surface area contributed by atoms with Crippen molar-refractivity contribution in [3.8, 4) is 0 Å². The number of fused-ring (bicyclic) bond motifs is 1. The number of likely N-dealkylation sites (tertiary alicyclic amines) is 1. The maximum absolute atomic E-state index is 13.3. The third-order valence-corrected chi connectivity index (χ3v) is 6.28. The number of Topliss-reactive ketones (excluding diaryl/α,β-unsaturated/α-hetero) is 1. The lowest BCUT2D eigenvalue weighted by molar-refractivity contribution is 0.0222. The maximum atomic E-state index is 13.3. The predicted octanol–water partition coefficient (Wildman–Crippen LogP) is 4.60. The molecule has 5 nitrogen and oxygen atoms in total. The Hall–Kier alpha value is -1.60. The summed E-state index contributed by atoms with van der Waals surface area (Å²) in [5, 5.41) is 0.873. The fourth-order valence-corrected chi connectivity index (χ4v) is 4.90. The summed E-state index contributed by atoms with van der Waals surface area (Å²) in [6, 6.07) is 3.31. The Balaban J connectivity index is 1.93. The van der Waals surface area contributed by atoms with E-state index in [-0.39, 0.29) is 5.78 Å². The zero-order valence-corrected chi connectivity index (χ0v) is 16.5. The van der Waals surface area contributed by atoms with Crippen LogP contribution in [0, 0.1) is 0 Å². The second kappa shape index (κ2) is 6.96. The number of ketones is 1. The summed E-state index contributed by atoms with van der Waals surface area (Å²) < 4.78 is 6.44. The Morgan fingerprint density at radius 3 is 2.84 bits per heavy atom. The van der Waals surface area contributed by atoms with Crippen molar-refractivity contribution in [3.63, 3.8) is 0 Å². The average molecular weight is 379 g/mol. The molecule has 0 N–H and O–H groups in total. The van der Waals surface area contributed by atoms with Crippen LogP contribution in [0.1, 0.15) is 44.0 Å². The third-order valence-electron chi connectivity index (χ3n) is 4.05. The number of ether oxygens (including phenoxy) is 1. The molecular weight excluding hydrogens is 356 g/mol. The molecule has 2 aromatic rings. The lowest BCUT2D eigenvalue weighted by Gasteiger charge is -2.28. The number of thioether (sulfide) groups is 1. The van der Waals surface area contributed by atoms with Gasteiger partial charge in [-0.25, -0.2) is 9.78 Å². The van der Waals surface area contributed by atoms with Crippen LogP contribution in [0.5, 0.6) is 0 Å². The van der Waals surface area contributed by atoms with E-state index in [9.17, 15) is 9.59 Å². The van der Waals surface area contributed by atoms with E-state index in [0.29, 0.717) is 18.5 Å². The van der Waals surface area contributed by atoms with E-state index >= 15 is 0 Å². The highest BCUT2D eigenvalue weighted by molar-refractivity contribution is 8.00. The van der Waals surface area contributed by atoms with Crippen molar-refractivity contribution in [1.82, 2.24) is 9.88 Å². The highest BCUT2D eigenvalue weighted by Gasteiger charge is 2.38. The van der Waals surface area contributed by atoms with E-state index in [0.717, 1.165) is 20.8 Å². The molecule has 134 valence electrons. The second-order valence-electron chi connectivity index (χ2n) is 7.02. The van der Waals surface area contributed by atoms with E-state index in [2.05, 4.69) is 4.98 Å². The summed E-state index contributed by atoms with van der Waals surface area (Å²) in [4.78, 5) is 32.6. The Kier molecular flexibility index (Phi) is 5.06. The van der Waals surface area contributed by atoms with Gasteiger partial charge in [0.05, 0.1) is 15.8 Å². The van der Waals surface area contributed by atoms with Gasteiger partial charge in [0.25, 0.3) is 0 Å². The minimum absolute atomic E-state index is 0.00745. The fraction of sp³-hybridized carbons (Fsp3) is 0.500. The van der Waals surface area contributed by atoms with Crippen LogP contribution in [0.3, 0.4) is 0 Å². The molecule has 0 spiro atoms. The first-order valence-corrected chi connectivity index (χ1v) is 10.3. The molecule has 3 heterocycles. The molecule has 0 saturated carbocycles. The van der Waals surface area contributed by atoms with Crippen LogP contribution in [-0.2, 0) is 4.74 Å². The van der Waals surface area contributed by atoms with Crippen molar-refractivity contribution in [1.29, 1.82) is 0 Å². The molecule has 1 aliphatic rings. The molecule has 0 bridgehead atoms. The maximum Gasteiger partial charge on any atom is 0.410 e. The normalized spacial score (nSPS) is 17.9. The average Bonchev–Trinajstić information content (AvgIpc) is 3.17. The molecule has 7 heteroatoms. The second-order valence-corrected chi connectivity index (χ2v) is 9.09. The van der Waals surface area contributed by atoms with Crippen LogP contribution in [0.15, 0.2) is 22.5 Å². The van der Waals surface area contributed by atoms with Gasteiger partial charge >= 0.3 is 6.09 Å². The first-order valence-electron chi connectivity index (χ1n) is 8.27. The SMILES string of the molecule is CSc1sc2ncccc2c1C(=O)C1CCCN1C(=O)OC(C)(C)C. The fourth-order valence-electron chi connectivity index (χ4n) is 3.03. The zero-order valence-electron chi connectivity index (χ0n) is 14.9. The van der Waals surface area contributed by atoms with Crippen molar-refractivity contribution >= 4 is 45.2 Å². The molecule has 0 radical (unpaired) electrons. The lowest BCUT2D eigenvalue weighted by Crippen LogP contribution is -2.43. The zero-order chi connectivity index (χ0) is 18.2. The van der Waals surface area contributed by atoms with Crippen LogP contribution in [0.4, 0.5) is 4.79 Å². The number of pyridine rings is 1. The highest BCUT2D eigenvalue weighted by Crippen LogP contribution is 2.38. The highest BCUT2D eigenvalue weighted by atomic mass is 32.2. The standard InChI is InChI=1S/C18H22N2O3S2/c1-18(2,3)23-17(22)20-10-6-8-12(20)14(21)13-11-7-5-9-19-15(11)25-16(13)24-4/h5,7,9,12H,6,8,10H2,1-4H3. The summed E-state index contributed by atoms with van der Waals surface area (Å²) in [5.41, 5.74) is 0.123. The monoisotopic (exact) mass is 378 g/mol. The van der Waals surface area contributed by atoms with Crippen LogP contribution in [0.2, 0.25) is 0 Å². The number of hydrogen-bond acceptors (Lipinski definition) is 6. The molecule has 2 aromatic heterocycles. The van der Waals surface area contributed by atoms with Crippen molar-refractivity contribution in [3.05, 3.63) is 23.9 Å². The van der Waals surface area contributed by atoms with Gasteiger partial charge in [-0.1, -0.05) is 0 Å². The van der Waals surface area contributed by atoms with E-state index < -0.39 is 17.7 Å². The first-order chi connectivity index (χ1) is 11.8. The summed E-state index contributed by atoms with van der Waals surface area (Å²) in [5.74, 6) is -0.00745. The molecule has 1 amide bonds. The molecule has 1 unspecified atom stereocenters. The summed E-state index contributed by atoms with van der Waals surface area (Å²) in [7, 11) is 0. The van der Waals surface area contributed by atoms with E-state index in [1.165, 1.54) is 11.3 Å². The van der Waals surface area contributed by atoms with Gasteiger partial charge in [0, 0.05) is 18.1 Å².